The van der Waals surface area contributed by atoms with Gasteiger partial charge in [0.15, 0.2) is 0 Å². The third-order valence-electron chi connectivity index (χ3n) is 1.73. The Hall–Kier alpha value is -1.54. The van der Waals surface area contributed by atoms with Gasteiger partial charge in [0.1, 0.15) is 5.54 Å². The molecule has 0 aliphatic carbocycles. The molecule has 0 aliphatic heterocycles. The molecule has 78 valence electrons. The molecule has 5 nitrogen and oxygen atoms in total. The Labute approximate surface area is 83.2 Å². The lowest BCUT2D eigenvalue weighted by Crippen LogP contribution is -2.56. The van der Waals surface area contributed by atoms with Crippen molar-refractivity contribution in [3.05, 3.63) is 0 Å². The lowest BCUT2D eigenvalue weighted by molar-refractivity contribution is -0.131. The quantitative estimate of drug-likeness (QED) is 0.489. The van der Waals surface area contributed by atoms with Crippen molar-refractivity contribution in [1.82, 2.24) is 5.32 Å². The van der Waals surface area contributed by atoms with Crippen LogP contribution in [0.1, 0.15) is 20.3 Å². The van der Waals surface area contributed by atoms with Crippen LogP contribution in [0, 0.1) is 12.3 Å². The van der Waals surface area contributed by atoms with Gasteiger partial charge in [0.2, 0.25) is 11.8 Å². The summed E-state index contributed by atoms with van der Waals surface area (Å²) in [4.78, 5) is 22.2. The molecule has 0 aromatic carbocycles. The van der Waals surface area contributed by atoms with Gasteiger partial charge < -0.3 is 16.8 Å². The number of hydrogen-bond donors (Lipinski definition) is 3. The minimum atomic E-state index is -1.11. The summed E-state index contributed by atoms with van der Waals surface area (Å²) >= 11 is 0. The number of amides is 2. The molecule has 0 saturated heterocycles. The molecule has 0 rings (SSSR count). The minimum absolute atomic E-state index is 0.126. The largest absolute Gasteiger partial charge is 0.368 e. The number of hydrogen-bond acceptors (Lipinski definition) is 3. The third kappa shape index (κ3) is 3.46. The monoisotopic (exact) mass is 197 g/mol. The van der Waals surface area contributed by atoms with E-state index >= 15 is 0 Å². The van der Waals surface area contributed by atoms with Crippen molar-refractivity contribution in [2.75, 3.05) is 0 Å². The maximum atomic E-state index is 11.3. The zero-order chi connectivity index (χ0) is 11.4. The van der Waals surface area contributed by atoms with Gasteiger partial charge in [-0.3, -0.25) is 9.59 Å². The molecule has 0 radical (unpaired) electrons. The van der Waals surface area contributed by atoms with Gasteiger partial charge in [-0.1, -0.05) is 0 Å². The molecule has 0 aromatic heterocycles. The highest BCUT2D eigenvalue weighted by molar-refractivity contribution is 5.91. The van der Waals surface area contributed by atoms with Crippen molar-refractivity contribution in [1.29, 1.82) is 0 Å². The first kappa shape index (κ1) is 12.5. The van der Waals surface area contributed by atoms with Gasteiger partial charge >= 0.3 is 0 Å². The standard InChI is InChI=1S/C9H15N3O2/c1-4-5-6(10)7(13)12-9(2,3)8(11)14/h1,6H,5,10H2,2-3H3,(H2,11,14)(H,12,13). The molecule has 5 heteroatoms. The van der Waals surface area contributed by atoms with Crippen LogP contribution in [0.3, 0.4) is 0 Å². The Morgan fingerprint density at radius 2 is 2.07 bits per heavy atom. The first-order valence-electron chi connectivity index (χ1n) is 4.12. The number of carbonyl (C=O) groups is 2. The fourth-order valence-electron chi connectivity index (χ4n) is 0.682. The van der Waals surface area contributed by atoms with E-state index < -0.39 is 23.4 Å². The Morgan fingerprint density at radius 1 is 1.57 bits per heavy atom. The lowest BCUT2D eigenvalue weighted by Gasteiger charge is -2.23. The third-order valence-corrected chi connectivity index (χ3v) is 1.73. The van der Waals surface area contributed by atoms with E-state index in [0.29, 0.717) is 0 Å². The molecule has 1 atom stereocenters. The number of nitrogens with one attached hydrogen (secondary N) is 1. The molecule has 0 heterocycles. The van der Waals surface area contributed by atoms with E-state index in [1.165, 1.54) is 13.8 Å². The maximum absolute atomic E-state index is 11.3. The molecule has 0 bridgehead atoms. The molecule has 14 heavy (non-hydrogen) atoms. The molecule has 0 spiro atoms. The van der Waals surface area contributed by atoms with E-state index in [2.05, 4.69) is 11.2 Å². The lowest BCUT2D eigenvalue weighted by atomic mass is 10.0. The van der Waals surface area contributed by atoms with Crippen molar-refractivity contribution in [3.8, 4) is 12.3 Å². The normalized spacial score (nSPS) is 12.7. The molecule has 0 aliphatic rings. The van der Waals surface area contributed by atoms with Crippen molar-refractivity contribution in [2.24, 2.45) is 11.5 Å². The summed E-state index contributed by atoms with van der Waals surface area (Å²) in [7, 11) is 0. The second-order valence-corrected chi connectivity index (χ2v) is 3.49. The SMILES string of the molecule is C#CCC(N)C(=O)NC(C)(C)C(N)=O. The average molecular weight is 197 g/mol. The molecular formula is C9H15N3O2. The van der Waals surface area contributed by atoms with Crippen LogP contribution in [0.15, 0.2) is 0 Å². The smallest absolute Gasteiger partial charge is 0.242 e. The summed E-state index contributed by atoms with van der Waals surface area (Å²) in [6, 6.07) is -0.807. The summed E-state index contributed by atoms with van der Waals surface area (Å²) < 4.78 is 0. The number of nitrogens with two attached hydrogens (primary N) is 2. The summed E-state index contributed by atoms with van der Waals surface area (Å²) in [5.74, 6) is 1.16. The maximum Gasteiger partial charge on any atom is 0.242 e. The van der Waals surface area contributed by atoms with Crippen molar-refractivity contribution in [3.63, 3.8) is 0 Å². The highest BCUT2D eigenvalue weighted by Gasteiger charge is 2.28. The fourth-order valence-corrected chi connectivity index (χ4v) is 0.682. The van der Waals surface area contributed by atoms with Gasteiger partial charge in [-0.05, 0) is 13.8 Å². The zero-order valence-corrected chi connectivity index (χ0v) is 8.33. The zero-order valence-electron chi connectivity index (χ0n) is 8.33. The Balaban J connectivity index is 4.33. The van der Waals surface area contributed by atoms with Gasteiger partial charge in [-0.2, -0.15) is 0 Å². The topological polar surface area (TPSA) is 98.2 Å². The Bertz CT molecular complexity index is 278. The predicted octanol–water partition coefficient (Wildman–Crippen LogP) is -1.28. The minimum Gasteiger partial charge on any atom is -0.368 e. The number of primary amides is 1. The summed E-state index contributed by atoms with van der Waals surface area (Å²) in [5, 5.41) is 2.41. The van der Waals surface area contributed by atoms with E-state index in [1.807, 2.05) is 0 Å². The van der Waals surface area contributed by atoms with Gasteiger partial charge in [0.05, 0.1) is 6.04 Å². The van der Waals surface area contributed by atoms with Gasteiger partial charge in [-0.25, -0.2) is 0 Å². The van der Waals surface area contributed by atoms with Crippen molar-refractivity contribution in [2.45, 2.75) is 31.8 Å². The van der Waals surface area contributed by atoms with Gasteiger partial charge in [-0.15, -0.1) is 12.3 Å². The van der Waals surface area contributed by atoms with E-state index in [4.69, 9.17) is 17.9 Å². The van der Waals surface area contributed by atoms with Crippen LogP contribution >= 0.6 is 0 Å². The average Bonchev–Trinajstić information content (AvgIpc) is 2.03. The molecular weight excluding hydrogens is 182 g/mol. The molecule has 5 N–H and O–H groups in total. The second-order valence-electron chi connectivity index (χ2n) is 3.49. The van der Waals surface area contributed by atoms with Gasteiger partial charge in [0.25, 0.3) is 0 Å². The fraction of sp³-hybridized carbons (Fsp3) is 0.556. The number of terminal acetylenes is 1. The number of carbonyl (C=O) groups excluding carboxylic acids is 2. The van der Waals surface area contributed by atoms with E-state index in [1.54, 1.807) is 0 Å². The highest BCUT2D eigenvalue weighted by Crippen LogP contribution is 2.01. The van der Waals surface area contributed by atoms with Crippen LogP contribution in [0.25, 0.3) is 0 Å². The Kier molecular flexibility index (Phi) is 4.12. The Morgan fingerprint density at radius 3 is 2.43 bits per heavy atom. The van der Waals surface area contributed by atoms with Crippen LogP contribution in [-0.2, 0) is 9.59 Å². The van der Waals surface area contributed by atoms with Crippen LogP contribution in [0.4, 0.5) is 0 Å². The second kappa shape index (κ2) is 4.63. The predicted molar refractivity (Wildman–Crippen MR) is 52.8 cm³/mol. The van der Waals surface area contributed by atoms with E-state index in [0.717, 1.165) is 0 Å². The molecule has 0 saturated carbocycles. The van der Waals surface area contributed by atoms with Crippen LogP contribution in [0.2, 0.25) is 0 Å². The first-order valence-corrected chi connectivity index (χ1v) is 4.12. The molecule has 0 aromatic rings. The number of rotatable bonds is 4. The van der Waals surface area contributed by atoms with Crippen LogP contribution < -0.4 is 16.8 Å². The summed E-state index contributed by atoms with van der Waals surface area (Å²) in [6.45, 7) is 2.99. The van der Waals surface area contributed by atoms with Crippen molar-refractivity contribution < 1.29 is 9.59 Å². The molecule has 1 unspecified atom stereocenters. The van der Waals surface area contributed by atoms with Gasteiger partial charge in [0, 0.05) is 6.42 Å². The van der Waals surface area contributed by atoms with Crippen LogP contribution in [0.5, 0.6) is 0 Å². The summed E-state index contributed by atoms with van der Waals surface area (Å²) in [5.41, 5.74) is 9.38. The molecule has 0 fully saturated rings. The summed E-state index contributed by atoms with van der Waals surface area (Å²) in [6.07, 6.45) is 5.11. The van der Waals surface area contributed by atoms with Crippen LogP contribution in [-0.4, -0.2) is 23.4 Å². The molecule has 2 amide bonds. The highest BCUT2D eigenvalue weighted by atomic mass is 16.2. The van der Waals surface area contributed by atoms with E-state index in [9.17, 15) is 9.59 Å². The first-order chi connectivity index (χ1) is 6.31. The van der Waals surface area contributed by atoms with Crippen molar-refractivity contribution >= 4 is 11.8 Å². The van der Waals surface area contributed by atoms with E-state index in [-0.39, 0.29) is 6.42 Å².